The van der Waals surface area contributed by atoms with E-state index in [1.165, 1.54) is 4.57 Å². The molecule has 29 heavy (non-hydrogen) atoms. The summed E-state index contributed by atoms with van der Waals surface area (Å²) in [6.45, 7) is 0. The van der Waals surface area contributed by atoms with E-state index < -0.39 is 0 Å². The minimum atomic E-state index is -0.130. The number of nitrogens with zero attached hydrogens (tertiary/aromatic N) is 1. The Kier molecular flexibility index (Phi) is 5.46. The van der Waals surface area contributed by atoms with E-state index in [9.17, 15) is 0 Å². The molecule has 0 spiro atoms. The summed E-state index contributed by atoms with van der Waals surface area (Å²) < 4.78 is 7.66. The summed E-state index contributed by atoms with van der Waals surface area (Å²) in [7, 11) is 0. The molecule has 0 saturated carbocycles. The van der Waals surface area contributed by atoms with Crippen LogP contribution in [0.3, 0.4) is 0 Å². The summed E-state index contributed by atoms with van der Waals surface area (Å²) in [6, 6.07) is 16.4. The Morgan fingerprint density at radius 1 is 0.966 bits per heavy atom. The van der Waals surface area contributed by atoms with Crippen LogP contribution >= 0.6 is 23.2 Å². The lowest BCUT2D eigenvalue weighted by Crippen LogP contribution is -2.27. The van der Waals surface area contributed by atoms with E-state index in [4.69, 9.17) is 44.5 Å². The topological polar surface area (TPSA) is 87.9 Å². The Morgan fingerprint density at radius 3 is 2.38 bits per heavy atom. The normalized spacial score (nSPS) is 18.2. The molecule has 0 saturated heterocycles. The number of rotatable bonds is 3. The highest BCUT2D eigenvalue weighted by molar-refractivity contribution is 6.39. The van der Waals surface area contributed by atoms with E-state index in [1.807, 2.05) is 24.3 Å². The van der Waals surface area contributed by atoms with Crippen LogP contribution in [0.2, 0.25) is 10.0 Å². The molecule has 0 fully saturated rings. The van der Waals surface area contributed by atoms with Gasteiger partial charge in [0.15, 0.2) is 0 Å². The first-order valence-corrected chi connectivity index (χ1v) is 10.0. The average Bonchev–Trinajstić information content (AvgIpc) is 2.71. The maximum Gasteiger partial charge on any atom is 0.141 e. The first-order valence-electron chi connectivity index (χ1n) is 9.27. The molecule has 0 unspecified atom stereocenters. The quantitative estimate of drug-likeness (QED) is 0.403. The zero-order valence-electron chi connectivity index (χ0n) is 15.5. The largest absolute Gasteiger partial charge is 0.484 e. The van der Waals surface area contributed by atoms with Crippen LogP contribution in [0.25, 0.3) is 0 Å². The van der Waals surface area contributed by atoms with Crippen LogP contribution in [-0.2, 0) is 0 Å². The minimum absolute atomic E-state index is 0.0158. The molecule has 4 rings (SSSR count). The van der Waals surface area contributed by atoms with Crippen molar-refractivity contribution in [1.29, 1.82) is 10.8 Å². The molecular formula is C22H20Cl2N4O. The molecule has 148 valence electrons. The molecule has 0 bridgehead atoms. The number of hydrogen-bond donors (Lipinski definition) is 3. The number of aromatic nitrogens is 1. The van der Waals surface area contributed by atoms with Crippen LogP contribution in [0.5, 0.6) is 5.75 Å². The first-order chi connectivity index (χ1) is 14.0. The third-order valence-electron chi connectivity index (χ3n) is 5.12. The van der Waals surface area contributed by atoms with Crippen LogP contribution in [-0.4, -0.2) is 10.4 Å². The van der Waals surface area contributed by atoms with Crippen molar-refractivity contribution in [1.82, 2.24) is 4.57 Å². The van der Waals surface area contributed by atoms with Crippen LogP contribution in [0, 0.1) is 10.8 Å². The van der Waals surface area contributed by atoms with Gasteiger partial charge >= 0.3 is 0 Å². The van der Waals surface area contributed by atoms with Crippen molar-refractivity contribution in [3.8, 4) is 5.75 Å². The standard InChI is InChI=1S/C22H20Cl2N4O/c23-16-6-3-7-17(24)21(16)22(27)28-12-13(8-11-20(28)26)29-19-10-9-18(25)14-4-1-2-5-15(14)19/h1-8,11-12,18-19,26-27H,9-10,25H2/t18-,19+/m0/s1. The summed E-state index contributed by atoms with van der Waals surface area (Å²) in [4.78, 5) is 0. The number of pyridine rings is 1. The van der Waals surface area contributed by atoms with Crippen LogP contribution in [0.1, 0.15) is 41.7 Å². The van der Waals surface area contributed by atoms with Gasteiger partial charge in [-0.25, -0.2) is 0 Å². The Bertz CT molecular complexity index is 1120. The smallest absolute Gasteiger partial charge is 0.141 e. The minimum Gasteiger partial charge on any atom is -0.484 e. The number of hydrogen-bond acceptors (Lipinski definition) is 4. The van der Waals surface area contributed by atoms with Gasteiger partial charge in [-0.2, -0.15) is 0 Å². The zero-order valence-corrected chi connectivity index (χ0v) is 17.0. The Morgan fingerprint density at radius 2 is 1.66 bits per heavy atom. The second-order valence-electron chi connectivity index (χ2n) is 6.98. The van der Waals surface area contributed by atoms with Gasteiger partial charge in [-0.1, -0.05) is 53.5 Å². The second kappa shape index (κ2) is 8.03. The molecule has 3 aromatic rings. The predicted molar refractivity (Wildman–Crippen MR) is 115 cm³/mol. The van der Waals surface area contributed by atoms with E-state index in [-0.39, 0.29) is 23.5 Å². The first kappa shape index (κ1) is 19.7. The lowest BCUT2D eigenvalue weighted by atomic mass is 9.86. The van der Waals surface area contributed by atoms with Crippen LogP contribution in [0.15, 0.2) is 60.8 Å². The molecule has 1 heterocycles. The zero-order chi connectivity index (χ0) is 20.5. The van der Waals surface area contributed by atoms with Gasteiger partial charge in [-0.05, 0) is 48.2 Å². The van der Waals surface area contributed by atoms with E-state index >= 15 is 0 Å². The number of ether oxygens (including phenoxy) is 1. The Labute approximate surface area is 178 Å². The highest BCUT2D eigenvalue weighted by Crippen LogP contribution is 2.37. The third-order valence-corrected chi connectivity index (χ3v) is 5.75. The number of benzene rings is 2. The lowest BCUT2D eigenvalue weighted by Gasteiger charge is -2.30. The maximum absolute atomic E-state index is 8.56. The highest BCUT2D eigenvalue weighted by atomic mass is 35.5. The number of halogens is 2. The van der Waals surface area contributed by atoms with Gasteiger partial charge in [-0.15, -0.1) is 0 Å². The highest BCUT2D eigenvalue weighted by Gasteiger charge is 2.26. The Balaban J connectivity index is 1.67. The molecule has 7 heteroatoms. The SMILES string of the molecule is N=C(c1c(Cl)cccc1Cl)n1cc(O[C@@H]2CC[C@H](N)c3ccccc32)ccc1=N. The maximum atomic E-state index is 8.56. The fraction of sp³-hybridized carbons (Fsp3) is 0.182. The third kappa shape index (κ3) is 3.81. The Hall–Kier alpha value is -2.60. The monoisotopic (exact) mass is 426 g/mol. The molecule has 0 amide bonds. The van der Waals surface area contributed by atoms with E-state index in [0.717, 1.165) is 24.0 Å². The van der Waals surface area contributed by atoms with Gasteiger partial charge < -0.3 is 10.5 Å². The van der Waals surface area contributed by atoms with Gasteiger partial charge in [0.25, 0.3) is 0 Å². The van der Waals surface area contributed by atoms with Gasteiger partial charge in [0.2, 0.25) is 0 Å². The molecule has 5 nitrogen and oxygen atoms in total. The number of nitrogens with two attached hydrogens (primary N) is 1. The van der Waals surface area contributed by atoms with Gasteiger partial charge in [0, 0.05) is 6.04 Å². The summed E-state index contributed by atoms with van der Waals surface area (Å²) in [5.74, 6) is 0.575. The second-order valence-corrected chi connectivity index (χ2v) is 7.80. The molecule has 2 atom stereocenters. The molecule has 1 aliphatic rings. The summed E-state index contributed by atoms with van der Waals surface area (Å²) in [5.41, 5.74) is 8.93. The van der Waals surface area contributed by atoms with Gasteiger partial charge in [0.05, 0.1) is 21.8 Å². The molecule has 2 aromatic carbocycles. The molecule has 0 aliphatic heterocycles. The molecule has 1 aliphatic carbocycles. The van der Waals surface area contributed by atoms with Gasteiger partial charge in [0.1, 0.15) is 23.2 Å². The van der Waals surface area contributed by atoms with Crippen molar-refractivity contribution in [2.24, 2.45) is 5.73 Å². The van der Waals surface area contributed by atoms with Crippen molar-refractivity contribution >= 4 is 29.0 Å². The van der Waals surface area contributed by atoms with Crippen molar-refractivity contribution < 1.29 is 4.74 Å². The molecule has 0 radical (unpaired) electrons. The van der Waals surface area contributed by atoms with E-state index in [2.05, 4.69) is 0 Å². The fourth-order valence-corrected chi connectivity index (χ4v) is 4.23. The number of fused-ring (bicyclic) bond motifs is 1. The average molecular weight is 427 g/mol. The van der Waals surface area contributed by atoms with Crippen molar-refractivity contribution in [3.05, 3.63) is 93.0 Å². The predicted octanol–water partition coefficient (Wildman–Crippen LogP) is 5.06. The van der Waals surface area contributed by atoms with Crippen molar-refractivity contribution in [3.63, 3.8) is 0 Å². The number of nitrogens with one attached hydrogen (secondary N) is 2. The van der Waals surface area contributed by atoms with Gasteiger partial charge in [-0.3, -0.25) is 15.4 Å². The summed E-state index contributed by atoms with van der Waals surface area (Å²) >= 11 is 12.5. The van der Waals surface area contributed by atoms with E-state index in [0.29, 0.717) is 21.4 Å². The van der Waals surface area contributed by atoms with E-state index in [1.54, 1.807) is 36.5 Å². The molecule has 4 N–H and O–H groups in total. The molecular weight excluding hydrogens is 407 g/mol. The summed E-state index contributed by atoms with van der Waals surface area (Å²) in [6.07, 6.45) is 3.13. The van der Waals surface area contributed by atoms with Crippen LogP contribution in [0.4, 0.5) is 0 Å². The van der Waals surface area contributed by atoms with Crippen molar-refractivity contribution in [2.75, 3.05) is 0 Å². The van der Waals surface area contributed by atoms with Crippen LogP contribution < -0.4 is 16.0 Å². The fourth-order valence-electron chi connectivity index (χ4n) is 3.65. The summed E-state index contributed by atoms with van der Waals surface area (Å²) in [5, 5.41) is 17.5. The lowest BCUT2D eigenvalue weighted by molar-refractivity contribution is 0.176. The van der Waals surface area contributed by atoms with Crippen molar-refractivity contribution in [2.45, 2.75) is 25.0 Å². The molecule has 1 aromatic heterocycles.